The van der Waals surface area contributed by atoms with Crippen LogP contribution in [0.5, 0.6) is 5.75 Å². The molecule has 182 valence electrons. The van der Waals surface area contributed by atoms with Gasteiger partial charge in [0.15, 0.2) is 5.69 Å². The normalized spacial score (nSPS) is 14.3. The Balaban J connectivity index is 1.36. The Kier molecular flexibility index (Phi) is 6.69. The second kappa shape index (κ2) is 10.2. The van der Waals surface area contributed by atoms with Crippen LogP contribution in [-0.4, -0.2) is 26.9 Å². The minimum atomic E-state index is -1.23. The van der Waals surface area contributed by atoms with Crippen molar-refractivity contribution in [2.24, 2.45) is 0 Å². The number of hydrogen-bond acceptors (Lipinski definition) is 6. The Morgan fingerprint density at radius 3 is 2.64 bits per heavy atom. The van der Waals surface area contributed by atoms with Crippen molar-refractivity contribution in [2.75, 3.05) is 5.32 Å². The molecule has 36 heavy (non-hydrogen) atoms. The first-order valence-electron chi connectivity index (χ1n) is 11.6. The van der Waals surface area contributed by atoms with E-state index in [9.17, 15) is 9.59 Å². The number of nitrogens with zero attached hydrogens (tertiary/aromatic N) is 3. The largest absolute Gasteiger partial charge is 0.489 e. The lowest BCUT2D eigenvalue weighted by Gasteiger charge is -2.17. The van der Waals surface area contributed by atoms with Gasteiger partial charge in [0.05, 0.1) is 11.4 Å². The van der Waals surface area contributed by atoms with Crippen LogP contribution in [0.2, 0.25) is 5.02 Å². The Morgan fingerprint density at radius 1 is 1.11 bits per heavy atom. The fourth-order valence-corrected chi connectivity index (χ4v) is 4.20. The van der Waals surface area contributed by atoms with Crippen LogP contribution in [-0.2, 0) is 22.6 Å². The molecule has 0 saturated carbocycles. The summed E-state index contributed by atoms with van der Waals surface area (Å²) in [4.78, 5) is 26.4. The minimum Gasteiger partial charge on any atom is -0.489 e. The number of nitrogens with one attached hydrogen (secondary N) is 1. The van der Waals surface area contributed by atoms with Gasteiger partial charge in [-0.2, -0.15) is 0 Å². The molecule has 0 aliphatic carbocycles. The van der Waals surface area contributed by atoms with Crippen molar-refractivity contribution in [1.82, 2.24) is 15.0 Å². The average Bonchev–Trinajstić information content (AvgIpc) is 3.26. The van der Waals surface area contributed by atoms with Gasteiger partial charge in [-0.1, -0.05) is 60.5 Å². The summed E-state index contributed by atoms with van der Waals surface area (Å²) >= 11 is 6.24. The van der Waals surface area contributed by atoms with Gasteiger partial charge in [0.1, 0.15) is 12.4 Å². The molecule has 1 atom stereocenters. The minimum absolute atomic E-state index is 0.218. The van der Waals surface area contributed by atoms with E-state index >= 15 is 0 Å². The third kappa shape index (κ3) is 4.81. The van der Waals surface area contributed by atoms with E-state index < -0.39 is 18.0 Å². The first-order chi connectivity index (χ1) is 17.5. The predicted molar refractivity (Wildman–Crippen MR) is 134 cm³/mol. The lowest BCUT2D eigenvalue weighted by molar-refractivity contribution is -0.124. The smallest absolute Gasteiger partial charge is 0.360 e. The van der Waals surface area contributed by atoms with Gasteiger partial charge in [0.2, 0.25) is 6.10 Å². The van der Waals surface area contributed by atoms with E-state index in [1.807, 2.05) is 37.3 Å². The molecule has 0 radical (unpaired) electrons. The number of amides is 1. The van der Waals surface area contributed by atoms with Gasteiger partial charge >= 0.3 is 5.97 Å². The van der Waals surface area contributed by atoms with Crippen LogP contribution in [0.15, 0.2) is 72.8 Å². The molecule has 2 heterocycles. The fourth-order valence-electron chi connectivity index (χ4n) is 4.02. The summed E-state index contributed by atoms with van der Waals surface area (Å²) in [7, 11) is 0. The van der Waals surface area contributed by atoms with E-state index in [-0.39, 0.29) is 5.69 Å². The zero-order valence-corrected chi connectivity index (χ0v) is 20.2. The summed E-state index contributed by atoms with van der Waals surface area (Å²) in [5.74, 6) is -0.516. The molecule has 1 aromatic heterocycles. The van der Waals surface area contributed by atoms with Crippen LogP contribution in [0, 0.1) is 0 Å². The number of halogens is 1. The fraction of sp³-hybridized carbons (Fsp3) is 0.185. The number of cyclic esters (lactones) is 1. The summed E-state index contributed by atoms with van der Waals surface area (Å²) in [5.41, 5.74) is 3.26. The highest BCUT2D eigenvalue weighted by Gasteiger charge is 2.36. The predicted octanol–water partition coefficient (Wildman–Crippen LogP) is 5.30. The van der Waals surface area contributed by atoms with Gasteiger partial charge in [-0.25, -0.2) is 9.48 Å². The Morgan fingerprint density at radius 2 is 1.89 bits per heavy atom. The highest BCUT2D eigenvalue weighted by molar-refractivity contribution is 6.30. The first-order valence-corrected chi connectivity index (χ1v) is 11.9. The van der Waals surface area contributed by atoms with Gasteiger partial charge in [-0.15, -0.1) is 5.10 Å². The van der Waals surface area contributed by atoms with Crippen LogP contribution in [0.1, 0.15) is 46.8 Å². The summed E-state index contributed by atoms with van der Waals surface area (Å²) in [6.07, 6.45) is 0.112. The number of rotatable bonds is 7. The first kappa shape index (κ1) is 23.6. The number of aromatic nitrogens is 3. The van der Waals surface area contributed by atoms with Crippen molar-refractivity contribution in [1.29, 1.82) is 0 Å². The van der Waals surface area contributed by atoms with E-state index in [1.165, 1.54) is 4.68 Å². The summed E-state index contributed by atoms with van der Waals surface area (Å²) in [6, 6.07) is 21.8. The molecule has 1 N–H and O–H groups in total. The van der Waals surface area contributed by atoms with Crippen LogP contribution in [0.3, 0.4) is 0 Å². The summed E-state index contributed by atoms with van der Waals surface area (Å²) < 4.78 is 12.9. The molecule has 4 aromatic rings. The van der Waals surface area contributed by atoms with Crippen molar-refractivity contribution in [3.05, 3.63) is 100 Å². The SMILES string of the molecule is CCCc1nnn2c1C(=O)OC(C(=O)Nc1ccc(OCc3ccccc3)cc1)c1cc(Cl)ccc1-2. The molecular formula is C27H23ClN4O4. The number of anilines is 1. The topological polar surface area (TPSA) is 95.3 Å². The maximum Gasteiger partial charge on any atom is 0.360 e. The quantitative estimate of drug-likeness (QED) is 0.344. The zero-order valence-electron chi connectivity index (χ0n) is 19.5. The molecule has 1 aliphatic rings. The van der Waals surface area contributed by atoms with Gasteiger partial charge in [0.25, 0.3) is 5.91 Å². The van der Waals surface area contributed by atoms with E-state index in [2.05, 4.69) is 15.6 Å². The third-order valence-electron chi connectivity index (χ3n) is 5.75. The Labute approximate surface area is 212 Å². The third-order valence-corrected chi connectivity index (χ3v) is 5.99. The summed E-state index contributed by atoms with van der Waals surface area (Å²) in [6.45, 7) is 2.42. The standard InChI is InChI=1S/C27H23ClN4O4/c1-2-6-22-24-27(34)36-25(21-15-18(28)9-14-23(21)32(24)31-30-22)26(33)29-19-10-12-20(13-11-19)35-16-17-7-4-3-5-8-17/h3-5,7-15,25H,2,6,16H2,1H3,(H,29,33). The lowest BCUT2D eigenvalue weighted by Crippen LogP contribution is -2.25. The highest BCUT2D eigenvalue weighted by atomic mass is 35.5. The van der Waals surface area contributed by atoms with Gasteiger partial charge in [0, 0.05) is 16.3 Å². The lowest BCUT2D eigenvalue weighted by atomic mass is 10.1. The molecule has 0 spiro atoms. The molecule has 3 aromatic carbocycles. The van der Waals surface area contributed by atoms with Crippen molar-refractivity contribution >= 4 is 29.2 Å². The van der Waals surface area contributed by atoms with Crippen molar-refractivity contribution in [3.63, 3.8) is 0 Å². The molecule has 1 unspecified atom stereocenters. The van der Waals surface area contributed by atoms with Crippen LogP contribution >= 0.6 is 11.6 Å². The number of hydrogen-bond donors (Lipinski definition) is 1. The molecule has 0 fully saturated rings. The van der Waals surface area contributed by atoms with E-state index in [0.29, 0.717) is 46.4 Å². The average molecular weight is 503 g/mol. The number of carbonyl (C=O) groups excluding carboxylic acids is 2. The zero-order chi connectivity index (χ0) is 25.1. The Hall–Kier alpha value is -4.17. The van der Waals surface area contributed by atoms with Crippen LogP contribution < -0.4 is 10.1 Å². The Bertz CT molecular complexity index is 1400. The molecule has 0 saturated heterocycles. The number of esters is 1. The molecule has 9 heteroatoms. The molecule has 5 rings (SSSR count). The van der Waals surface area contributed by atoms with Crippen molar-refractivity contribution in [3.8, 4) is 11.4 Å². The highest BCUT2D eigenvalue weighted by Crippen LogP contribution is 2.34. The summed E-state index contributed by atoms with van der Waals surface area (Å²) in [5, 5.41) is 11.5. The van der Waals surface area contributed by atoms with Crippen molar-refractivity contribution in [2.45, 2.75) is 32.5 Å². The maximum atomic E-state index is 13.3. The molecule has 1 amide bonds. The monoisotopic (exact) mass is 502 g/mol. The number of fused-ring (bicyclic) bond motifs is 3. The maximum absolute atomic E-state index is 13.3. The van der Waals surface area contributed by atoms with E-state index in [0.717, 1.165) is 12.0 Å². The van der Waals surface area contributed by atoms with Gasteiger partial charge < -0.3 is 14.8 Å². The molecule has 1 aliphatic heterocycles. The number of aryl methyl sites for hydroxylation is 1. The number of benzene rings is 3. The number of ether oxygens (including phenoxy) is 2. The van der Waals surface area contributed by atoms with E-state index in [4.69, 9.17) is 21.1 Å². The van der Waals surface area contributed by atoms with E-state index in [1.54, 1.807) is 42.5 Å². The number of carbonyl (C=O) groups is 2. The van der Waals surface area contributed by atoms with Gasteiger partial charge in [-0.05, 0) is 54.4 Å². The van der Waals surface area contributed by atoms with Crippen LogP contribution in [0.4, 0.5) is 5.69 Å². The second-order valence-electron chi connectivity index (χ2n) is 8.32. The molecule has 0 bridgehead atoms. The van der Waals surface area contributed by atoms with Gasteiger partial charge in [-0.3, -0.25) is 4.79 Å². The second-order valence-corrected chi connectivity index (χ2v) is 8.76. The van der Waals surface area contributed by atoms with Crippen LogP contribution in [0.25, 0.3) is 5.69 Å². The van der Waals surface area contributed by atoms with Crippen molar-refractivity contribution < 1.29 is 19.1 Å². The molecular weight excluding hydrogens is 480 g/mol. The molecule has 8 nitrogen and oxygen atoms in total.